The molecule has 0 bridgehead atoms. The maximum absolute atomic E-state index is 12.5. The van der Waals surface area contributed by atoms with E-state index < -0.39 is 30.0 Å². The summed E-state index contributed by atoms with van der Waals surface area (Å²) in [5.74, 6) is -3.21. The van der Waals surface area contributed by atoms with E-state index >= 15 is 0 Å². The summed E-state index contributed by atoms with van der Waals surface area (Å²) in [6, 6.07) is 4.29. The number of nitrogens with zero attached hydrogens (tertiary/aromatic N) is 1. The molecule has 2 aromatic rings. The summed E-state index contributed by atoms with van der Waals surface area (Å²) in [7, 11) is 0. The van der Waals surface area contributed by atoms with Crippen molar-refractivity contribution in [3.8, 4) is 0 Å². The first kappa shape index (κ1) is 14.6. The molecule has 2 rings (SSSR count). The van der Waals surface area contributed by atoms with E-state index in [1.165, 1.54) is 18.2 Å². The van der Waals surface area contributed by atoms with Gasteiger partial charge in [0.05, 0.1) is 11.1 Å². The number of halogens is 4. The van der Waals surface area contributed by atoms with Gasteiger partial charge in [-0.2, -0.15) is 13.2 Å². The Labute approximate surface area is 118 Å². The van der Waals surface area contributed by atoms with Crippen LogP contribution < -0.4 is 0 Å². The van der Waals surface area contributed by atoms with Gasteiger partial charge < -0.3 is 9.67 Å². The van der Waals surface area contributed by atoms with E-state index in [0.29, 0.717) is 4.47 Å². The third kappa shape index (κ3) is 2.69. The number of rotatable bonds is 3. The van der Waals surface area contributed by atoms with Crippen molar-refractivity contribution in [3.63, 3.8) is 0 Å². The van der Waals surface area contributed by atoms with Crippen molar-refractivity contribution in [2.45, 2.75) is 12.7 Å². The van der Waals surface area contributed by atoms with Crippen LogP contribution in [-0.2, 0) is 11.3 Å². The normalized spacial score (nSPS) is 11.8. The Morgan fingerprint density at radius 1 is 1.30 bits per heavy atom. The molecular formula is C12H7BrF3NO3. The first-order valence-electron chi connectivity index (χ1n) is 5.32. The molecule has 0 saturated heterocycles. The van der Waals surface area contributed by atoms with Crippen molar-refractivity contribution in [1.82, 2.24) is 4.57 Å². The standard InChI is InChI=1S/C12H7BrF3NO3/c13-6-1-2-7-8(11(20)12(14,15)16)4-17(5-10(18)19)9(7)3-6/h1-4H,5H2,(H,18,19). The molecule has 0 spiro atoms. The zero-order valence-electron chi connectivity index (χ0n) is 9.74. The maximum Gasteiger partial charge on any atom is 0.454 e. The summed E-state index contributed by atoms with van der Waals surface area (Å²) in [5, 5.41) is 8.83. The zero-order valence-corrected chi connectivity index (χ0v) is 11.3. The molecule has 4 nitrogen and oxygen atoms in total. The van der Waals surface area contributed by atoms with Crippen molar-refractivity contribution in [3.05, 3.63) is 34.4 Å². The van der Waals surface area contributed by atoms with E-state index in [1.54, 1.807) is 0 Å². The Morgan fingerprint density at radius 3 is 2.50 bits per heavy atom. The van der Waals surface area contributed by atoms with Crippen LogP contribution in [0, 0.1) is 0 Å². The number of aliphatic carboxylic acids is 1. The number of Topliss-reactive ketones (excluding diaryl/α,β-unsaturated/α-hetero) is 1. The number of fused-ring (bicyclic) bond motifs is 1. The number of carbonyl (C=O) groups is 2. The smallest absolute Gasteiger partial charge is 0.454 e. The van der Waals surface area contributed by atoms with Crippen LogP contribution in [0.2, 0.25) is 0 Å². The van der Waals surface area contributed by atoms with Gasteiger partial charge in [-0.05, 0) is 12.1 Å². The van der Waals surface area contributed by atoms with Crippen molar-refractivity contribution >= 4 is 38.6 Å². The summed E-state index contributed by atoms with van der Waals surface area (Å²) in [6.07, 6.45) is -4.09. The van der Waals surface area contributed by atoms with E-state index in [2.05, 4.69) is 15.9 Å². The molecule has 0 aliphatic carbocycles. The van der Waals surface area contributed by atoms with Gasteiger partial charge in [-0.3, -0.25) is 9.59 Å². The predicted molar refractivity (Wildman–Crippen MR) is 67.7 cm³/mol. The minimum Gasteiger partial charge on any atom is -0.480 e. The molecule has 1 heterocycles. The van der Waals surface area contributed by atoms with E-state index in [4.69, 9.17) is 5.11 Å². The summed E-state index contributed by atoms with van der Waals surface area (Å²) in [6.45, 7) is -0.530. The van der Waals surface area contributed by atoms with Crippen LogP contribution in [0.5, 0.6) is 0 Å². The van der Waals surface area contributed by atoms with Gasteiger partial charge in [-0.15, -0.1) is 0 Å². The number of carboxylic acids is 1. The Bertz CT molecular complexity index is 706. The van der Waals surface area contributed by atoms with E-state index in [9.17, 15) is 22.8 Å². The molecule has 20 heavy (non-hydrogen) atoms. The van der Waals surface area contributed by atoms with Crippen molar-refractivity contribution in [2.24, 2.45) is 0 Å². The molecule has 8 heteroatoms. The SMILES string of the molecule is O=C(O)Cn1cc(C(=O)C(F)(F)F)c2ccc(Br)cc21. The number of ketones is 1. The molecule has 0 unspecified atom stereocenters. The van der Waals surface area contributed by atoms with Gasteiger partial charge in [0.1, 0.15) is 6.54 Å². The van der Waals surface area contributed by atoms with Gasteiger partial charge in [-0.1, -0.05) is 22.0 Å². The number of hydrogen-bond donors (Lipinski definition) is 1. The van der Waals surface area contributed by atoms with Gasteiger partial charge in [-0.25, -0.2) is 0 Å². The molecule has 0 amide bonds. The molecule has 0 fully saturated rings. The van der Waals surface area contributed by atoms with E-state index in [-0.39, 0.29) is 10.9 Å². The third-order valence-electron chi connectivity index (χ3n) is 2.65. The number of hydrogen-bond acceptors (Lipinski definition) is 2. The number of benzene rings is 1. The quantitative estimate of drug-likeness (QED) is 0.865. The largest absolute Gasteiger partial charge is 0.480 e. The molecule has 0 radical (unpaired) electrons. The molecule has 106 valence electrons. The fourth-order valence-corrected chi connectivity index (χ4v) is 2.22. The predicted octanol–water partition coefficient (Wildman–Crippen LogP) is 3.23. The maximum atomic E-state index is 12.5. The lowest BCUT2D eigenvalue weighted by Gasteiger charge is -2.03. The summed E-state index contributed by atoms with van der Waals surface area (Å²) >= 11 is 3.15. The Hall–Kier alpha value is -1.83. The number of carbonyl (C=O) groups excluding carboxylic acids is 1. The Kier molecular flexibility index (Phi) is 3.59. The van der Waals surface area contributed by atoms with Gasteiger partial charge in [0.25, 0.3) is 5.78 Å². The second kappa shape index (κ2) is 4.93. The van der Waals surface area contributed by atoms with Crippen molar-refractivity contribution in [2.75, 3.05) is 0 Å². The third-order valence-corrected chi connectivity index (χ3v) is 3.15. The van der Waals surface area contributed by atoms with Crippen LogP contribution in [0.1, 0.15) is 10.4 Å². The van der Waals surface area contributed by atoms with E-state index in [0.717, 1.165) is 10.8 Å². The zero-order chi connectivity index (χ0) is 15.1. The van der Waals surface area contributed by atoms with Gasteiger partial charge in [0.2, 0.25) is 0 Å². The summed E-state index contributed by atoms with van der Waals surface area (Å²) in [5.41, 5.74) is -0.310. The topological polar surface area (TPSA) is 59.3 Å². The van der Waals surface area contributed by atoms with Gasteiger partial charge in [0.15, 0.2) is 0 Å². The first-order chi connectivity index (χ1) is 9.20. The first-order valence-corrected chi connectivity index (χ1v) is 6.11. The highest BCUT2D eigenvalue weighted by molar-refractivity contribution is 9.10. The van der Waals surface area contributed by atoms with Crippen molar-refractivity contribution in [1.29, 1.82) is 0 Å². The average Bonchev–Trinajstić information content (AvgIpc) is 2.64. The second-order valence-corrected chi connectivity index (χ2v) is 4.97. The number of alkyl halides is 3. The number of aromatic nitrogens is 1. The fourth-order valence-electron chi connectivity index (χ4n) is 1.88. The van der Waals surface area contributed by atoms with Crippen LogP contribution in [0.3, 0.4) is 0 Å². The highest BCUT2D eigenvalue weighted by Gasteiger charge is 2.40. The molecule has 0 aliphatic heterocycles. The van der Waals surface area contributed by atoms with E-state index in [1.807, 2.05) is 0 Å². The Morgan fingerprint density at radius 2 is 1.95 bits per heavy atom. The minimum absolute atomic E-state index is 0.0665. The minimum atomic E-state index is -5.00. The van der Waals surface area contributed by atoms with Crippen LogP contribution in [0.25, 0.3) is 10.9 Å². The molecular weight excluding hydrogens is 343 g/mol. The van der Waals surface area contributed by atoms with Gasteiger partial charge in [0, 0.05) is 16.1 Å². The highest BCUT2D eigenvalue weighted by atomic mass is 79.9. The lowest BCUT2D eigenvalue weighted by Crippen LogP contribution is -2.22. The van der Waals surface area contributed by atoms with Crippen LogP contribution in [0.4, 0.5) is 13.2 Å². The average molecular weight is 350 g/mol. The number of carboxylic acid groups (broad SMARTS) is 1. The monoisotopic (exact) mass is 349 g/mol. The van der Waals surface area contributed by atoms with Gasteiger partial charge >= 0.3 is 12.1 Å². The molecule has 1 aromatic carbocycles. The van der Waals surface area contributed by atoms with Crippen LogP contribution in [-0.4, -0.2) is 27.6 Å². The molecule has 0 saturated carbocycles. The van der Waals surface area contributed by atoms with Crippen LogP contribution in [0.15, 0.2) is 28.9 Å². The lowest BCUT2D eigenvalue weighted by molar-refractivity contribution is -0.137. The second-order valence-electron chi connectivity index (χ2n) is 4.05. The highest BCUT2D eigenvalue weighted by Crippen LogP contribution is 2.30. The summed E-state index contributed by atoms with van der Waals surface area (Å²) in [4.78, 5) is 22.1. The molecule has 0 aliphatic rings. The molecule has 0 atom stereocenters. The lowest BCUT2D eigenvalue weighted by atomic mass is 10.1. The van der Waals surface area contributed by atoms with Crippen LogP contribution >= 0.6 is 15.9 Å². The Balaban J connectivity index is 2.67. The van der Waals surface area contributed by atoms with Crippen molar-refractivity contribution < 1.29 is 27.9 Å². The molecule has 1 N–H and O–H groups in total. The summed E-state index contributed by atoms with van der Waals surface area (Å²) < 4.78 is 39.3. The molecule has 1 aromatic heterocycles. The fraction of sp³-hybridized carbons (Fsp3) is 0.167.